The van der Waals surface area contributed by atoms with Crippen molar-refractivity contribution in [1.82, 2.24) is 20.2 Å². The molecule has 1 aliphatic rings. The maximum atomic E-state index is 5.40. The fourth-order valence-electron chi connectivity index (χ4n) is 3.54. The van der Waals surface area contributed by atoms with Gasteiger partial charge in [-0.2, -0.15) is 0 Å². The first-order valence-electron chi connectivity index (χ1n) is 9.61. The highest BCUT2D eigenvalue weighted by Gasteiger charge is 2.23. The maximum Gasteiger partial charge on any atom is 0.161 e. The summed E-state index contributed by atoms with van der Waals surface area (Å²) in [4.78, 5) is 10.9. The number of anilines is 1. The van der Waals surface area contributed by atoms with Crippen LogP contribution in [0.15, 0.2) is 73.1 Å². The van der Waals surface area contributed by atoms with Gasteiger partial charge in [0.25, 0.3) is 0 Å². The molecule has 2 aromatic carbocycles. The molecule has 6 nitrogen and oxygen atoms in total. The van der Waals surface area contributed by atoms with Gasteiger partial charge < -0.3 is 9.88 Å². The second-order valence-electron chi connectivity index (χ2n) is 7.13. The average Bonchev–Trinajstić information content (AvgIpc) is 3.40. The molecule has 1 atom stereocenters. The Morgan fingerprint density at radius 3 is 2.55 bits per heavy atom. The molecule has 148 valence electrons. The Bertz CT molecular complexity index is 1040. The van der Waals surface area contributed by atoms with Crippen molar-refractivity contribution < 1.29 is 4.84 Å². The molecule has 0 saturated heterocycles. The Labute approximate surface area is 171 Å². The lowest BCUT2D eigenvalue weighted by Crippen LogP contribution is -2.26. The summed E-state index contributed by atoms with van der Waals surface area (Å²) in [6, 6.07) is 18.4. The Morgan fingerprint density at radius 1 is 1.10 bits per heavy atom. The third kappa shape index (κ3) is 3.67. The largest absolute Gasteiger partial charge is 0.325 e. The van der Waals surface area contributed by atoms with E-state index in [0.717, 1.165) is 28.3 Å². The van der Waals surface area contributed by atoms with Gasteiger partial charge in [0.2, 0.25) is 0 Å². The van der Waals surface area contributed by atoms with Crippen LogP contribution in [0.2, 0.25) is 0 Å². The van der Waals surface area contributed by atoms with Gasteiger partial charge >= 0.3 is 0 Å². The summed E-state index contributed by atoms with van der Waals surface area (Å²) in [6.07, 6.45) is 2.07. The van der Waals surface area contributed by atoms with Crippen LogP contribution >= 0.6 is 0 Å². The second-order valence-corrected chi connectivity index (χ2v) is 7.13. The molecular formula is C23H25N5O. The van der Waals surface area contributed by atoms with Crippen molar-refractivity contribution in [3.05, 3.63) is 95.8 Å². The molecule has 0 amide bonds. The number of benzene rings is 2. The molecule has 1 aliphatic heterocycles. The quantitative estimate of drug-likeness (QED) is 0.674. The number of hydrogen-bond acceptors (Lipinski definition) is 5. The van der Waals surface area contributed by atoms with E-state index in [1.54, 1.807) is 7.11 Å². The van der Waals surface area contributed by atoms with Crippen molar-refractivity contribution in [1.29, 1.82) is 0 Å². The molecule has 1 aromatic heterocycles. The molecule has 0 spiro atoms. The summed E-state index contributed by atoms with van der Waals surface area (Å²) < 4.78 is 0. The molecule has 0 unspecified atom stereocenters. The molecule has 0 aliphatic carbocycles. The van der Waals surface area contributed by atoms with E-state index in [1.807, 2.05) is 42.3 Å². The zero-order valence-corrected chi connectivity index (χ0v) is 17.0. The summed E-state index contributed by atoms with van der Waals surface area (Å²) in [5.74, 6) is 1.63. The highest BCUT2D eigenvalue weighted by molar-refractivity contribution is 5.83. The molecule has 1 N–H and O–H groups in total. The number of H-pyrrole nitrogens is 1. The van der Waals surface area contributed by atoms with Gasteiger partial charge in [0, 0.05) is 23.3 Å². The Hall–Kier alpha value is -3.38. The molecule has 3 aromatic rings. The normalized spacial score (nSPS) is 14.8. The van der Waals surface area contributed by atoms with Crippen LogP contribution in [0.25, 0.3) is 5.57 Å². The fraction of sp³-hybridized carbons (Fsp3) is 0.217. The van der Waals surface area contributed by atoms with E-state index in [-0.39, 0.29) is 5.92 Å². The lowest BCUT2D eigenvalue weighted by Gasteiger charge is -2.22. The standard InChI is InChI=1S/C23H25N5O/c1-16-14-27(15-28(16)29-4)21-13-9-8-12-20(21)18(3)23-24-22(25-26-23)17(2)19-10-6-5-7-11-19/h5-14,17H,3,15H2,1-2,4H3,(H,24,25,26)/t17-/m1/s1. The molecule has 2 heterocycles. The topological polar surface area (TPSA) is 57.3 Å². The first-order chi connectivity index (χ1) is 14.1. The van der Waals surface area contributed by atoms with Crippen molar-refractivity contribution >= 4 is 11.3 Å². The van der Waals surface area contributed by atoms with Crippen molar-refractivity contribution in [3.8, 4) is 0 Å². The van der Waals surface area contributed by atoms with Crippen LogP contribution in [0.4, 0.5) is 5.69 Å². The van der Waals surface area contributed by atoms with Gasteiger partial charge in [-0.15, -0.1) is 10.2 Å². The zero-order chi connectivity index (χ0) is 20.4. The van der Waals surface area contributed by atoms with Gasteiger partial charge in [-0.05, 0) is 18.6 Å². The lowest BCUT2D eigenvalue weighted by atomic mass is 10.0. The second kappa shape index (κ2) is 7.93. The summed E-state index contributed by atoms with van der Waals surface area (Å²) in [5, 5.41) is 10.6. The molecular weight excluding hydrogens is 362 g/mol. The number of hydroxylamine groups is 2. The smallest absolute Gasteiger partial charge is 0.161 e. The van der Waals surface area contributed by atoms with E-state index in [9.17, 15) is 0 Å². The summed E-state index contributed by atoms with van der Waals surface area (Å²) in [7, 11) is 1.68. The van der Waals surface area contributed by atoms with Gasteiger partial charge in [0.1, 0.15) is 12.5 Å². The number of allylic oxidation sites excluding steroid dienone is 1. The molecule has 0 radical (unpaired) electrons. The molecule has 6 heteroatoms. The molecule has 0 bridgehead atoms. The highest BCUT2D eigenvalue weighted by Crippen LogP contribution is 2.33. The molecule has 0 fully saturated rings. The minimum absolute atomic E-state index is 0.125. The van der Waals surface area contributed by atoms with Crippen LogP contribution in [0.3, 0.4) is 0 Å². The minimum Gasteiger partial charge on any atom is -0.325 e. The van der Waals surface area contributed by atoms with Gasteiger partial charge in [-0.25, -0.2) is 5.06 Å². The number of nitrogens with one attached hydrogen (secondary N) is 1. The van der Waals surface area contributed by atoms with E-state index in [1.165, 1.54) is 5.56 Å². The van der Waals surface area contributed by atoms with Crippen LogP contribution in [0, 0.1) is 0 Å². The monoisotopic (exact) mass is 387 g/mol. The van der Waals surface area contributed by atoms with Crippen LogP contribution in [0.5, 0.6) is 0 Å². The fourth-order valence-corrected chi connectivity index (χ4v) is 3.54. The number of rotatable bonds is 6. The average molecular weight is 387 g/mol. The van der Waals surface area contributed by atoms with Crippen LogP contribution in [-0.2, 0) is 4.84 Å². The molecule has 29 heavy (non-hydrogen) atoms. The Kier molecular flexibility index (Phi) is 5.18. The van der Waals surface area contributed by atoms with Crippen molar-refractivity contribution in [2.24, 2.45) is 0 Å². The van der Waals surface area contributed by atoms with Crippen LogP contribution < -0.4 is 4.90 Å². The van der Waals surface area contributed by atoms with E-state index in [4.69, 9.17) is 4.84 Å². The van der Waals surface area contributed by atoms with E-state index in [0.29, 0.717) is 12.5 Å². The minimum atomic E-state index is 0.125. The first-order valence-corrected chi connectivity index (χ1v) is 9.61. The van der Waals surface area contributed by atoms with Gasteiger partial charge in [-0.3, -0.25) is 4.84 Å². The van der Waals surface area contributed by atoms with Gasteiger partial charge in [0.05, 0.1) is 18.5 Å². The lowest BCUT2D eigenvalue weighted by molar-refractivity contribution is -0.0905. The van der Waals surface area contributed by atoms with E-state index in [2.05, 4.69) is 64.0 Å². The third-order valence-corrected chi connectivity index (χ3v) is 5.28. The Morgan fingerprint density at radius 2 is 1.83 bits per heavy atom. The van der Waals surface area contributed by atoms with Gasteiger partial charge in [0.15, 0.2) is 5.82 Å². The van der Waals surface area contributed by atoms with Gasteiger partial charge in [-0.1, -0.05) is 62.0 Å². The van der Waals surface area contributed by atoms with Crippen molar-refractivity contribution in [2.45, 2.75) is 19.8 Å². The van der Waals surface area contributed by atoms with Crippen LogP contribution in [-0.4, -0.2) is 34.0 Å². The maximum absolute atomic E-state index is 5.40. The third-order valence-electron chi connectivity index (χ3n) is 5.28. The summed E-state index contributed by atoms with van der Waals surface area (Å²) in [6.45, 7) is 9.07. The number of aromatic amines is 1. The van der Waals surface area contributed by atoms with Crippen molar-refractivity contribution in [3.63, 3.8) is 0 Å². The predicted molar refractivity (Wildman–Crippen MR) is 115 cm³/mol. The summed E-state index contributed by atoms with van der Waals surface area (Å²) >= 11 is 0. The summed E-state index contributed by atoms with van der Waals surface area (Å²) in [5.41, 5.74) is 5.10. The Balaban J connectivity index is 1.61. The van der Waals surface area contributed by atoms with E-state index < -0.39 is 0 Å². The molecule has 4 rings (SSSR count). The zero-order valence-electron chi connectivity index (χ0n) is 17.0. The van der Waals surface area contributed by atoms with Crippen LogP contribution in [0.1, 0.15) is 42.5 Å². The first kappa shape index (κ1) is 19.0. The predicted octanol–water partition coefficient (Wildman–Crippen LogP) is 4.52. The number of para-hydroxylation sites is 1. The molecule has 0 saturated carbocycles. The van der Waals surface area contributed by atoms with E-state index >= 15 is 0 Å². The number of aromatic nitrogens is 3. The SMILES string of the molecule is C=C(c1nnc([C@H](C)c2ccccc2)[nH]1)c1ccccc1N1C=C(C)N(OC)C1. The number of nitrogens with zero attached hydrogens (tertiary/aromatic N) is 4. The highest BCUT2D eigenvalue weighted by atomic mass is 16.7. The number of hydrogen-bond donors (Lipinski definition) is 1. The van der Waals surface area contributed by atoms with Crippen molar-refractivity contribution in [2.75, 3.05) is 18.7 Å².